The number of hydrogen-bond donors (Lipinski definition) is 0. The lowest BCUT2D eigenvalue weighted by atomic mass is 10.2. The minimum atomic E-state index is -0.0249. The Hall–Kier alpha value is -1.64. The topological polar surface area (TPSA) is 45.7 Å². The first kappa shape index (κ1) is 6.09. The first-order valence-corrected chi connectivity index (χ1v) is 3.24. The van der Waals surface area contributed by atoms with Crippen LogP contribution in [0.5, 0.6) is 5.75 Å². The van der Waals surface area contributed by atoms with Crippen LogP contribution in [-0.2, 0) is 5.11 Å². The molecule has 1 aromatic carbocycles. The lowest BCUT2D eigenvalue weighted by Gasteiger charge is -1.93. The Labute approximate surface area is 63.3 Å². The molecule has 0 bridgehead atoms. The van der Waals surface area contributed by atoms with Gasteiger partial charge in [0.15, 0.2) is 5.75 Å². The van der Waals surface area contributed by atoms with Gasteiger partial charge in [0.1, 0.15) is 6.33 Å². The van der Waals surface area contributed by atoms with Crippen molar-refractivity contribution >= 4 is 10.9 Å². The van der Waals surface area contributed by atoms with Gasteiger partial charge in [-0.25, -0.2) is 9.97 Å². The first-order chi connectivity index (χ1) is 5.38. The van der Waals surface area contributed by atoms with Gasteiger partial charge in [-0.2, -0.15) is 0 Å². The highest BCUT2D eigenvalue weighted by Crippen LogP contribution is 2.21. The molecule has 0 spiro atoms. The van der Waals surface area contributed by atoms with Crippen molar-refractivity contribution < 1.29 is 5.11 Å². The maximum Gasteiger partial charge on any atom is 0.189 e. The fourth-order valence-electron chi connectivity index (χ4n) is 0.978. The maximum absolute atomic E-state index is 11.1. The van der Waals surface area contributed by atoms with E-state index in [1.807, 2.05) is 0 Å². The number of aromatic nitrogens is 2. The van der Waals surface area contributed by atoms with Crippen molar-refractivity contribution in [2.24, 2.45) is 0 Å². The molecule has 0 aliphatic heterocycles. The molecule has 0 N–H and O–H groups in total. The van der Waals surface area contributed by atoms with Gasteiger partial charge >= 0.3 is 0 Å². The van der Waals surface area contributed by atoms with E-state index in [4.69, 9.17) is 0 Å². The second-order valence-electron chi connectivity index (χ2n) is 2.21. The molecule has 0 amide bonds. The van der Waals surface area contributed by atoms with Crippen molar-refractivity contribution in [3.05, 3.63) is 30.7 Å². The van der Waals surface area contributed by atoms with Crippen molar-refractivity contribution in [3.8, 4) is 5.75 Å². The molecule has 1 heterocycles. The van der Waals surface area contributed by atoms with Gasteiger partial charge in [-0.3, -0.25) is 5.11 Å². The van der Waals surface area contributed by atoms with Crippen LogP contribution < -0.4 is 0 Å². The quantitative estimate of drug-likeness (QED) is 0.567. The Morgan fingerprint density at radius 3 is 3.00 bits per heavy atom. The van der Waals surface area contributed by atoms with Crippen molar-refractivity contribution in [1.29, 1.82) is 0 Å². The van der Waals surface area contributed by atoms with Crippen LogP contribution in [0.15, 0.2) is 30.7 Å². The number of benzene rings is 1. The van der Waals surface area contributed by atoms with E-state index in [9.17, 15) is 5.11 Å². The van der Waals surface area contributed by atoms with Gasteiger partial charge in [-0.05, 0) is 12.1 Å². The minimum Gasteiger partial charge on any atom is -0.289 e. The van der Waals surface area contributed by atoms with Crippen molar-refractivity contribution in [2.45, 2.75) is 0 Å². The highest BCUT2D eigenvalue weighted by molar-refractivity contribution is 5.83. The summed E-state index contributed by atoms with van der Waals surface area (Å²) in [4.78, 5) is 7.69. The normalized spacial score (nSPS) is 10.2. The van der Waals surface area contributed by atoms with Crippen molar-refractivity contribution in [2.75, 3.05) is 0 Å². The molecular weight excluding hydrogens is 140 g/mol. The van der Waals surface area contributed by atoms with Gasteiger partial charge in [0.25, 0.3) is 0 Å². The zero-order chi connectivity index (χ0) is 7.68. The van der Waals surface area contributed by atoms with Crippen molar-refractivity contribution in [1.82, 2.24) is 9.97 Å². The molecule has 0 aliphatic rings. The number of hydrogen-bond acceptors (Lipinski definition) is 2. The summed E-state index contributed by atoms with van der Waals surface area (Å²) in [5, 5.41) is 11.7. The van der Waals surface area contributed by atoms with E-state index < -0.39 is 0 Å². The van der Waals surface area contributed by atoms with Crippen LogP contribution in [0.4, 0.5) is 0 Å². The van der Waals surface area contributed by atoms with Crippen LogP contribution in [0.25, 0.3) is 10.9 Å². The highest BCUT2D eigenvalue weighted by atomic mass is 16.3. The van der Waals surface area contributed by atoms with Gasteiger partial charge in [-0.1, -0.05) is 6.07 Å². The fraction of sp³-hybridized carbons (Fsp3) is 0. The highest BCUT2D eigenvalue weighted by Gasteiger charge is 1.98. The second-order valence-corrected chi connectivity index (χ2v) is 2.21. The molecule has 0 fully saturated rings. The van der Waals surface area contributed by atoms with E-state index in [1.54, 1.807) is 12.1 Å². The summed E-state index contributed by atoms with van der Waals surface area (Å²) in [6.45, 7) is 0. The molecule has 3 nitrogen and oxygen atoms in total. The summed E-state index contributed by atoms with van der Waals surface area (Å²) in [6.07, 6.45) is 2.96. The summed E-state index contributed by atoms with van der Waals surface area (Å²) in [5.74, 6) is -0.0249. The van der Waals surface area contributed by atoms with Gasteiger partial charge in [-0.15, -0.1) is 0 Å². The lowest BCUT2D eigenvalue weighted by molar-refractivity contribution is 0.360. The average molecular weight is 145 g/mol. The van der Waals surface area contributed by atoms with E-state index in [0.717, 1.165) is 0 Å². The van der Waals surface area contributed by atoms with Crippen LogP contribution in [0.3, 0.4) is 0 Å². The van der Waals surface area contributed by atoms with E-state index in [1.165, 1.54) is 18.6 Å². The third-order valence-corrected chi connectivity index (χ3v) is 1.51. The van der Waals surface area contributed by atoms with E-state index in [-0.39, 0.29) is 5.75 Å². The molecule has 11 heavy (non-hydrogen) atoms. The van der Waals surface area contributed by atoms with Crippen LogP contribution >= 0.6 is 0 Å². The Morgan fingerprint density at radius 2 is 2.18 bits per heavy atom. The minimum absolute atomic E-state index is 0.0249. The van der Waals surface area contributed by atoms with E-state index in [2.05, 4.69) is 9.97 Å². The van der Waals surface area contributed by atoms with Gasteiger partial charge in [0, 0.05) is 6.20 Å². The average Bonchev–Trinajstić information content (AvgIpc) is 2.06. The SMILES string of the molecule is [O]c1cccc2ncncc12. The summed E-state index contributed by atoms with van der Waals surface area (Å²) in [7, 11) is 0. The molecule has 0 aliphatic carbocycles. The lowest BCUT2D eigenvalue weighted by Crippen LogP contribution is -1.79. The fourth-order valence-corrected chi connectivity index (χ4v) is 0.978. The number of fused-ring (bicyclic) bond motifs is 1. The van der Waals surface area contributed by atoms with Crippen molar-refractivity contribution in [3.63, 3.8) is 0 Å². The summed E-state index contributed by atoms with van der Waals surface area (Å²) in [5.41, 5.74) is 0.701. The van der Waals surface area contributed by atoms with E-state index in [0.29, 0.717) is 10.9 Å². The first-order valence-electron chi connectivity index (χ1n) is 3.24. The molecule has 3 heteroatoms. The third kappa shape index (κ3) is 0.902. The molecule has 2 rings (SSSR count). The predicted molar refractivity (Wildman–Crippen MR) is 39.7 cm³/mol. The molecule has 0 atom stereocenters. The van der Waals surface area contributed by atoms with Crippen LogP contribution in [0.1, 0.15) is 0 Å². The molecule has 2 aromatic rings. The molecule has 1 aromatic heterocycles. The molecule has 53 valence electrons. The summed E-state index contributed by atoms with van der Waals surface area (Å²) in [6, 6.07) is 4.99. The number of nitrogens with zero attached hydrogens (tertiary/aromatic N) is 2. The Bertz CT molecular complexity index is 381. The van der Waals surface area contributed by atoms with Gasteiger partial charge in [0.2, 0.25) is 0 Å². The zero-order valence-corrected chi connectivity index (χ0v) is 5.69. The molecule has 0 saturated heterocycles. The van der Waals surface area contributed by atoms with Crippen LogP contribution in [-0.4, -0.2) is 9.97 Å². The summed E-state index contributed by atoms with van der Waals surface area (Å²) < 4.78 is 0. The standard InChI is InChI=1S/C8H5N2O/c11-8-3-1-2-7-6(8)4-9-5-10-7/h1-5H. The van der Waals surface area contributed by atoms with Gasteiger partial charge < -0.3 is 0 Å². The zero-order valence-electron chi connectivity index (χ0n) is 5.69. The summed E-state index contributed by atoms with van der Waals surface area (Å²) >= 11 is 0. The molecule has 1 radical (unpaired) electrons. The Morgan fingerprint density at radius 1 is 1.27 bits per heavy atom. The largest absolute Gasteiger partial charge is 0.289 e. The van der Waals surface area contributed by atoms with Crippen LogP contribution in [0, 0.1) is 0 Å². The van der Waals surface area contributed by atoms with Crippen LogP contribution in [0.2, 0.25) is 0 Å². The Balaban J connectivity index is 2.91. The number of rotatable bonds is 0. The molecular formula is C8H5N2O. The van der Waals surface area contributed by atoms with Gasteiger partial charge in [0.05, 0.1) is 10.9 Å². The molecule has 0 unspecified atom stereocenters. The second kappa shape index (κ2) is 2.20. The smallest absolute Gasteiger partial charge is 0.189 e. The predicted octanol–water partition coefficient (Wildman–Crippen LogP) is 1.77. The Kier molecular flexibility index (Phi) is 1.22. The third-order valence-electron chi connectivity index (χ3n) is 1.51. The monoisotopic (exact) mass is 145 g/mol. The maximum atomic E-state index is 11.1. The van der Waals surface area contributed by atoms with E-state index >= 15 is 0 Å². The molecule has 0 saturated carbocycles.